The Balaban J connectivity index is 1.77. The lowest BCUT2D eigenvalue weighted by atomic mass is 10.2. The summed E-state index contributed by atoms with van der Waals surface area (Å²) in [5, 5.41) is 18.6. The van der Waals surface area contributed by atoms with E-state index in [1.54, 1.807) is 12.1 Å². The first-order valence-corrected chi connectivity index (χ1v) is 8.57. The van der Waals surface area contributed by atoms with Crippen molar-refractivity contribution in [2.24, 2.45) is 5.10 Å². The number of nitrogens with zero attached hydrogens (tertiary/aromatic N) is 4. The summed E-state index contributed by atoms with van der Waals surface area (Å²) < 4.78 is 16.4. The second-order valence-electron chi connectivity index (χ2n) is 5.46. The average Bonchev–Trinajstić information content (AvgIpc) is 3.24. The first-order chi connectivity index (χ1) is 11.6. The van der Waals surface area contributed by atoms with E-state index in [0.29, 0.717) is 16.2 Å². The summed E-state index contributed by atoms with van der Waals surface area (Å²) >= 11 is 8.56. The minimum Gasteiger partial charge on any atom is -0.282 e. The van der Waals surface area contributed by atoms with Crippen LogP contribution in [0.5, 0.6) is 0 Å². The summed E-state index contributed by atoms with van der Waals surface area (Å²) in [7, 11) is 0. The van der Waals surface area contributed by atoms with E-state index >= 15 is 0 Å². The predicted molar refractivity (Wildman–Crippen MR) is 94.1 cm³/mol. The average molecular weight is 407 g/mol. The number of H-pyrrole nitrogens is 2. The lowest BCUT2D eigenvalue weighted by Crippen LogP contribution is -1.98. The van der Waals surface area contributed by atoms with E-state index in [4.69, 9.17) is 12.2 Å². The summed E-state index contributed by atoms with van der Waals surface area (Å²) in [4.78, 5) is 0. The maximum Gasteiger partial charge on any atom is 0.216 e. The Kier molecular flexibility index (Phi) is 3.89. The number of halogens is 2. The maximum absolute atomic E-state index is 13.9. The molecule has 9 heteroatoms. The van der Waals surface area contributed by atoms with Gasteiger partial charge in [-0.05, 0) is 49.7 Å². The number of hydrogen-bond acceptors (Lipinski definition) is 4. The van der Waals surface area contributed by atoms with E-state index in [9.17, 15) is 4.39 Å². The highest BCUT2D eigenvalue weighted by atomic mass is 79.9. The van der Waals surface area contributed by atoms with Crippen molar-refractivity contribution in [1.82, 2.24) is 25.1 Å². The number of benzene rings is 1. The predicted octanol–water partition coefficient (Wildman–Crippen LogP) is 3.60. The highest BCUT2D eigenvalue weighted by Crippen LogP contribution is 2.29. The van der Waals surface area contributed by atoms with Crippen LogP contribution in [0.2, 0.25) is 0 Å². The molecule has 0 radical (unpaired) electrons. The molecule has 0 saturated carbocycles. The van der Waals surface area contributed by atoms with Crippen LogP contribution in [0.25, 0.3) is 11.5 Å². The third-order valence-electron chi connectivity index (χ3n) is 3.94. The monoisotopic (exact) mass is 406 g/mol. The quantitative estimate of drug-likeness (QED) is 0.515. The first-order valence-electron chi connectivity index (χ1n) is 7.37. The summed E-state index contributed by atoms with van der Waals surface area (Å²) in [6, 6.07) is 4.66. The molecule has 6 nitrogen and oxygen atoms in total. The summed E-state index contributed by atoms with van der Waals surface area (Å²) in [6.45, 7) is 0. The van der Waals surface area contributed by atoms with Crippen molar-refractivity contribution >= 4 is 34.4 Å². The maximum atomic E-state index is 13.9. The van der Waals surface area contributed by atoms with Crippen LogP contribution in [0.4, 0.5) is 4.39 Å². The van der Waals surface area contributed by atoms with Crippen molar-refractivity contribution in [3.63, 3.8) is 0 Å². The number of rotatable bonds is 3. The summed E-state index contributed by atoms with van der Waals surface area (Å²) in [6.07, 6.45) is 4.45. The zero-order chi connectivity index (χ0) is 16.7. The van der Waals surface area contributed by atoms with Crippen molar-refractivity contribution in [3.05, 3.63) is 50.1 Å². The largest absolute Gasteiger partial charge is 0.282 e. The van der Waals surface area contributed by atoms with E-state index in [1.165, 1.54) is 17.0 Å². The van der Waals surface area contributed by atoms with Crippen LogP contribution in [0.15, 0.2) is 27.8 Å². The zero-order valence-electron chi connectivity index (χ0n) is 12.4. The van der Waals surface area contributed by atoms with Crippen LogP contribution in [-0.4, -0.2) is 31.3 Å². The van der Waals surface area contributed by atoms with E-state index < -0.39 is 0 Å². The van der Waals surface area contributed by atoms with Crippen LogP contribution in [0, 0.1) is 10.6 Å². The van der Waals surface area contributed by atoms with Gasteiger partial charge in [-0.15, -0.1) is 0 Å². The number of hydrogen-bond donors (Lipinski definition) is 2. The molecule has 2 aromatic heterocycles. The van der Waals surface area contributed by atoms with Gasteiger partial charge in [0, 0.05) is 21.3 Å². The van der Waals surface area contributed by atoms with Crippen molar-refractivity contribution in [3.8, 4) is 11.5 Å². The molecule has 2 heterocycles. The van der Waals surface area contributed by atoms with E-state index in [2.05, 4.69) is 41.4 Å². The Labute approximate surface area is 149 Å². The Morgan fingerprint density at radius 1 is 1.29 bits per heavy atom. The Bertz CT molecular complexity index is 1000. The van der Waals surface area contributed by atoms with Crippen LogP contribution in [0.1, 0.15) is 23.2 Å². The van der Waals surface area contributed by atoms with Crippen LogP contribution < -0.4 is 0 Å². The van der Waals surface area contributed by atoms with Crippen LogP contribution in [0.3, 0.4) is 0 Å². The lowest BCUT2D eigenvalue weighted by Gasteiger charge is -2.01. The number of aromatic amines is 2. The molecule has 0 fully saturated rings. The highest BCUT2D eigenvalue weighted by molar-refractivity contribution is 9.10. The molecule has 1 aliphatic carbocycles. The summed E-state index contributed by atoms with van der Waals surface area (Å²) in [5.74, 6) is 0.158. The molecule has 3 aromatic rings. The molecule has 24 heavy (non-hydrogen) atoms. The Hall–Kier alpha value is -2.13. The highest BCUT2D eigenvalue weighted by Gasteiger charge is 2.23. The van der Waals surface area contributed by atoms with Crippen molar-refractivity contribution in [2.75, 3.05) is 0 Å². The SMILES string of the molecule is Fc1ccc(Br)cc1/C=N/n1c(-c2n[nH]c3c2CCC3)n[nH]c1=S. The van der Waals surface area contributed by atoms with Gasteiger partial charge in [0.15, 0.2) is 0 Å². The lowest BCUT2D eigenvalue weighted by molar-refractivity contribution is 0.625. The van der Waals surface area contributed by atoms with Gasteiger partial charge in [-0.25, -0.2) is 9.49 Å². The molecular formula is C15H12BrFN6S. The van der Waals surface area contributed by atoms with E-state index in [0.717, 1.165) is 40.7 Å². The van der Waals surface area contributed by atoms with Gasteiger partial charge in [0.05, 0.1) is 6.21 Å². The standard InChI is InChI=1S/C15H12BrFN6S/c16-9-4-5-11(17)8(6-9)7-18-23-14(21-22-15(23)24)13-10-2-1-3-12(10)19-20-13/h4-7H,1-3H2,(H,19,20)(H,22,24)/b18-7+. The number of aryl methyl sites for hydroxylation is 1. The van der Waals surface area contributed by atoms with Gasteiger partial charge in [0.25, 0.3) is 0 Å². The van der Waals surface area contributed by atoms with Crippen molar-refractivity contribution < 1.29 is 4.39 Å². The topological polar surface area (TPSA) is 74.7 Å². The van der Waals surface area contributed by atoms with Gasteiger partial charge >= 0.3 is 0 Å². The van der Waals surface area contributed by atoms with Gasteiger partial charge in [-0.2, -0.15) is 20.0 Å². The molecule has 4 rings (SSSR count). The summed E-state index contributed by atoms with van der Waals surface area (Å²) in [5.41, 5.74) is 3.37. The molecule has 0 spiro atoms. The van der Waals surface area contributed by atoms with Gasteiger partial charge < -0.3 is 0 Å². The molecule has 0 unspecified atom stereocenters. The number of aromatic nitrogens is 5. The van der Waals surface area contributed by atoms with Crippen molar-refractivity contribution in [1.29, 1.82) is 0 Å². The van der Waals surface area contributed by atoms with Gasteiger partial charge in [0.1, 0.15) is 11.5 Å². The Morgan fingerprint density at radius 2 is 2.17 bits per heavy atom. The van der Waals surface area contributed by atoms with Crippen LogP contribution in [-0.2, 0) is 12.8 Å². The zero-order valence-corrected chi connectivity index (χ0v) is 14.8. The normalized spacial score (nSPS) is 13.8. The smallest absolute Gasteiger partial charge is 0.216 e. The minimum atomic E-state index is -0.362. The van der Waals surface area contributed by atoms with Crippen molar-refractivity contribution in [2.45, 2.75) is 19.3 Å². The Morgan fingerprint density at radius 3 is 3.04 bits per heavy atom. The van der Waals surface area contributed by atoms with E-state index in [-0.39, 0.29) is 5.82 Å². The fourth-order valence-electron chi connectivity index (χ4n) is 2.79. The molecule has 0 bridgehead atoms. The van der Waals surface area contributed by atoms with E-state index in [1.807, 2.05) is 0 Å². The van der Waals surface area contributed by atoms with Gasteiger partial charge in [-0.3, -0.25) is 5.10 Å². The first kappa shape index (κ1) is 15.4. The van der Waals surface area contributed by atoms with Gasteiger partial charge in [0.2, 0.25) is 10.6 Å². The molecule has 1 aromatic carbocycles. The molecule has 0 aliphatic heterocycles. The molecule has 0 amide bonds. The fourth-order valence-corrected chi connectivity index (χ4v) is 3.35. The molecule has 2 N–H and O–H groups in total. The molecule has 122 valence electrons. The van der Waals surface area contributed by atoms with Crippen LogP contribution >= 0.6 is 28.1 Å². The number of fused-ring (bicyclic) bond motifs is 1. The molecule has 1 aliphatic rings. The van der Waals surface area contributed by atoms with Gasteiger partial charge in [-0.1, -0.05) is 15.9 Å². The molecule has 0 atom stereocenters. The minimum absolute atomic E-state index is 0.325. The third kappa shape index (κ3) is 2.63. The second kappa shape index (κ2) is 6.06. The fraction of sp³-hybridized carbons (Fsp3) is 0.200. The molecule has 0 saturated heterocycles. The number of nitrogens with one attached hydrogen (secondary N) is 2. The second-order valence-corrected chi connectivity index (χ2v) is 6.76. The third-order valence-corrected chi connectivity index (χ3v) is 4.70. The molecular weight excluding hydrogens is 395 g/mol.